The molecule has 0 amide bonds. The van der Waals surface area contributed by atoms with Gasteiger partial charge in [-0.2, -0.15) is 10.4 Å². The summed E-state index contributed by atoms with van der Waals surface area (Å²) in [6, 6.07) is 8.17. The molecular weight excluding hydrogens is 174 g/mol. The molecule has 0 radical (unpaired) electrons. The normalized spacial score (nSPS) is 10.4. The van der Waals surface area contributed by atoms with Crippen LogP contribution in [-0.2, 0) is 6.54 Å². The van der Waals surface area contributed by atoms with E-state index in [1.807, 2.05) is 32.0 Å². The SMILES string of the molecule is CCn1nc2ccc(C)cc2c1C#N. The number of aryl methyl sites for hydroxylation is 2. The van der Waals surface area contributed by atoms with Gasteiger partial charge >= 0.3 is 0 Å². The lowest BCUT2D eigenvalue weighted by molar-refractivity contribution is 0.659. The van der Waals surface area contributed by atoms with Gasteiger partial charge in [-0.1, -0.05) is 11.6 Å². The molecule has 0 N–H and O–H groups in total. The summed E-state index contributed by atoms with van der Waals surface area (Å²) in [6.45, 7) is 4.74. The second-order valence-corrected chi connectivity index (χ2v) is 3.30. The summed E-state index contributed by atoms with van der Waals surface area (Å²) in [5.74, 6) is 0. The van der Waals surface area contributed by atoms with Gasteiger partial charge in [0.15, 0.2) is 0 Å². The molecule has 0 saturated heterocycles. The third-order valence-corrected chi connectivity index (χ3v) is 2.30. The number of nitrogens with zero attached hydrogens (tertiary/aromatic N) is 3. The number of aromatic nitrogens is 2. The highest BCUT2D eigenvalue weighted by Crippen LogP contribution is 2.18. The molecule has 70 valence electrons. The molecule has 0 aliphatic rings. The van der Waals surface area contributed by atoms with Gasteiger partial charge in [-0.05, 0) is 26.0 Å². The van der Waals surface area contributed by atoms with Crippen molar-refractivity contribution in [2.75, 3.05) is 0 Å². The van der Waals surface area contributed by atoms with E-state index in [9.17, 15) is 0 Å². The number of benzene rings is 1. The standard InChI is InChI=1S/C11H11N3/c1-3-14-11(7-12)9-6-8(2)4-5-10(9)13-14/h4-6H,3H2,1-2H3. The van der Waals surface area contributed by atoms with Gasteiger partial charge in [-0.15, -0.1) is 0 Å². The van der Waals surface area contributed by atoms with Crippen molar-refractivity contribution in [2.24, 2.45) is 0 Å². The molecule has 0 spiro atoms. The highest BCUT2D eigenvalue weighted by molar-refractivity contribution is 5.84. The zero-order valence-corrected chi connectivity index (χ0v) is 8.28. The Labute approximate surface area is 82.6 Å². The molecule has 0 atom stereocenters. The summed E-state index contributed by atoms with van der Waals surface area (Å²) < 4.78 is 1.74. The highest BCUT2D eigenvalue weighted by atomic mass is 15.3. The van der Waals surface area contributed by atoms with E-state index in [-0.39, 0.29) is 0 Å². The Hall–Kier alpha value is -1.82. The van der Waals surface area contributed by atoms with Gasteiger partial charge in [0.25, 0.3) is 0 Å². The number of hydrogen-bond donors (Lipinski definition) is 0. The van der Waals surface area contributed by atoms with Crippen molar-refractivity contribution in [1.82, 2.24) is 9.78 Å². The first-order valence-corrected chi connectivity index (χ1v) is 4.63. The fraction of sp³-hybridized carbons (Fsp3) is 0.273. The monoisotopic (exact) mass is 185 g/mol. The van der Waals surface area contributed by atoms with Crippen molar-refractivity contribution in [3.8, 4) is 6.07 Å². The van der Waals surface area contributed by atoms with Crippen LogP contribution in [0.2, 0.25) is 0 Å². The zero-order valence-electron chi connectivity index (χ0n) is 8.28. The first-order chi connectivity index (χ1) is 6.76. The van der Waals surface area contributed by atoms with E-state index in [2.05, 4.69) is 11.2 Å². The average molecular weight is 185 g/mol. The van der Waals surface area contributed by atoms with Gasteiger partial charge in [0.2, 0.25) is 0 Å². The van der Waals surface area contributed by atoms with Gasteiger partial charge in [0.05, 0.1) is 5.52 Å². The first-order valence-electron chi connectivity index (χ1n) is 4.63. The predicted octanol–water partition coefficient (Wildman–Crippen LogP) is 2.24. The molecule has 1 aromatic carbocycles. The Kier molecular flexibility index (Phi) is 1.97. The van der Waals surface area contributed by atoms with Gasteiger partial charge < -0.3 is 0 Å². The lowest BCUT2D eigenvalue weighted by Crippen LogP contribution is -1.98. The van der Waals surface area contributed by atoms with E-state index >= 15 is 0 Å². The minimum atomic E-state index is 0.659. The van der Waals surface area contributed by atoms with Crippen LogP contribution in [0.3, 0.4) is 0 Å². The molecule has 2 aromatic rings. The minimum Gasteiger partial charge on any atom is -0.254 e. The summed E-state index contributed by atoms with van der Waals surface area (Å²) >= 11 is 0. The maximum atomic E-state index is 9.02. The van der Waals surface area contributed by atoms with E-state index in [1.165, 1.54) is 0 Å². The lowest BCUT2D eigenvalue weighted by atomic mass is 10.1. The van der Waals surface area contributed by atoms with Gasteiger partial charge in [0.1, 0.15) is 11.8 Å². The Balaban J connectivity index is 2.83. The maximum absolute atomic E-state index is 9.02. The van der Waals surface area contributed by atoms with Crippen LogP contribution in [0.1, 0.15) is 18.2 Å². The number of nitriles is 1. The van der Waals surface area contributed by atoms with Crippen LogP contribution >= 0.6 is 0 Å². The average Bonchev–Trinajstić information content (AvgIpc) is 2.54. The molecule has 1 aromatic heterocycles. The van der Waals surface area contributed by atoms with Crippen LogP contribution in [0.15, 0.2) is 18.2 Å². The van der Waals surface area contributed by atoms with Gasteiger partial charge in [-0.25, -0.2) is 0 Å². The fourth-order valence-corrected chi connectivity index (χ4v) is 1.59. The van der Waals surface area contributed by atoms with Crippen molar-refractivity contribution in [3.05, 3.63) is 29.5 Å². The Bertz CT molecular complexity index is 517. The highest BCUT2D eigenvalue weighted by Gasteiger charge is 2.08. The summed E-state index contributed by atoms with van der Waals surface area (Å²) in [4.78, 5) is 0. The van der Waals surface area contributed by atoms with Crippen molar-refractivity contribution in [3.63, 3.8) is 0 Å². The van der Waals surface area contributed by atoms with Crippen LogP contribution in [0.4, 0.5) is 0 Å². The van der Waals surface area contributed by atoms with Gasteiger partial charge in [0, 0.05) is 11.9 Å². The summed E-state index contributed by atoms with van der Waals surface area (Å²) in [7, 11) is 0. The largest absolute Gasteiger partial charge is 0.254 e. The number of rotatable bonds is 1. The predicted molar refractivity (Wildman–Crippen MR) is 54.9 cm³/mol. The molecule has 14 heavy (non-hydrogen) atoms. The molecule has 3 nitrogen and oxygen atoms in total. The van der Waals surface area contributed by atoms with Crippen molar-refractivity contribution >= 4 is 10.9 Å². The molecule has 0 aliphatic heterocycles. The van der Waals surface area contributed by atoms with Crippen LogP contribution in [0.5, 0.6) is 0 Å². The molecule has 0 aliphatic carbocycles. The van der Waals surface area contributed by atoms with Gasteiger partial charge in [-0.3, -0.25) is 4.68 Å². The quantitative estimate of drug-likeness (QED) is 0.683. The topological polar surface area (TPSA) is 41.6 Å². The summed E-state index contributed by atoms with van der Waals surface area (Å²) in [5.41, 5.74) is 2.71. The van der Waals surface area contributed by atoms with E-state index in [0.717, 1.165) is 23.0 Å². The molecule has 0 fully saturated rings. The molecule has 3 heteroatoms. The Morgan fingerprint density at radius 1 is 1.50 bits per heavy atom. The molecule has 1 heterocycles. The molecule has 0 saturated carbocycles. The summed E-state index contributed by atoms with van der Waals surface area (Å²) in [6.07, 6.45) is 0. The Morgan fingerprint density at radius 2 is 2.29 bits per heavy atom. The van der Waals surface area contributed by atoms with E-state index < -0.39 is 0 Å². The van der Waals surface area contributed by atoms with Crippen LogP contribution in [-0.4, -0.2) is 9.78 Å². The van der Waals surface area contributed by atoms with E-state index in [0.29, 0.717) is 5.69 Å². The van der Waals surface area contributed by atoms with Crippen LogP contribution in [0.25, 0.3) is 10.9 Å². The van der Waals surface area contributed by atoms with E-state index in [1.54, 1.807) is 4.68 Å². The smallest absolute Gasteiger partial charge is 0.146 e. The second-order valence-electron chi connectivity index (χ2n) is 3.30. The van der Waals surface area contributed by atoms with Crippen LogP contribution in [0, 0.1) is 18.3 Å². The van der Waals surface area contributed by atoms with Crippen molar-refractivity contribution < 1.29 is 0 Å². The third kappa shape index (κ3) is 1.16. The zero-order chi connectivity index (χ0) is 10.1. The fourth-order valence-electron chi connectivity index (χ4n) is 1.59. The molecule has 0 unspecified atom stereocenters. The van der Waals surface area contributed by atoms with Crippen LogP contribution < -0.4 is 0 Å². The second kappa shape index (κ2) is 3.15. The molecule has 0 bridgehead atoms. The third-order valence-electron chi connectivity index (χ3n) is 2.30. The molecule has 2 rings (SSSR count). The van der Waals surface area contributed by atoms with Crippen molar-refractivity contribution in [1.29, 1.82) is 5.26 Å². The summed E-state index contributed by atoms with van der Waals surface area (Å²) in [5, 5.41) is 14.3. The minimum absolute atomic E-state index is 0.659. The number of fused-ring (bicyclic) bond motifs is 1. The van der Waals surface area contributed by atoms with Crippen molar-refractivity contribution in [2.45, 2.75) is 20.4 Å². The van der Waals surface area contributed by atoms with E-state index in [4.69, 9.17) is 5.26 Å². The Morgan fingerprint density at radius 3 is 2.93 bits per heavy atom. The maximum Gasteiger partial charge on any atom is 0.146 e. The lowest BCUT2D eigenvalue weighted by Gasteiger charge is -1.94. The molecular formula is C11H11N3. The number of hydrogen-bond acceptors (Lipinski definition) is 2. The first kappa shape index (κ1) is 8.76.